The van der Waals surface area contributed by atoms with Crippen LogP contribution in [-0.4, -0.2) is 24.6 Å². The molecule has 0 bridgehead atoms. The van der Waals surface area contributed by atoms with E-state index in [-0.39, 0.29) is 0 Å². The van der Waals surface area contributed by atoms with Crippen LogP contribution in [0.3, 0.4) is 0 Å². The van der Waals surface area contributed by atoms with Gasteiger partial charge >= 0.3 is 0 Å². The second-order valence-electron chi connectivity index (χ2n) is 5.33. The van der Waals surface area contributed by atoms with Crippen molar-refractivity contribution in [2.45, 2.75) is 13.0 Å². The molecule has 0 aliphatic rings. The Balaban J connectivity index is 1.51. The Bertz CT molecular complexity index is 810. The minimum atomic E-state index is 0.454. The summed E-state index contributed by atoms with van der Waals surface area (Å²) >= 11 is 3.35. The van der Waals surface area contributed by atoms with E-state index in [2.05, 4.69) is 32.8 Å². The second-order valence-corrected chi connectivity index (χ2v) is 7.22. The zero-order chi connectivity index (χ0) is 17.5. The van der Waals surface area contributed by atoms with Crippen molar-refractivity contribution in [3.8, 4) is 16.3 Å². The van der Waals surface area contributed by atoms with Gasteiger partial charge in [-0.1, -0.05) is 6.07 Å². The highest BCUT2D eigenvalue weighted by Crippen LogP contribution is 2.25. The first-order chi connectivity index (χ1) is 12.2. The van der Waals surface area contributed by atoms with E-state index in [4.69, 9.17) is 10.5 Å². The molecular weight excluding hydrogens is 352 g/mol. The Morgan fingerprint density at radius 3 is 2.80 bits per heavy atom. The summed E-state index contributed by atoms with van der Waals surface area (Å²) in [6.07, 6.45) is 0.951. The third kappa shape index (κ3) is 5.04. The number of benzene rings is 1. The summed E-state index contributed by atoms with van der Waals surface area (Å²) in [5, 5.41) is 8.20. The Hall–Kier alpha value is -2.38. The Morgan fingerprint density at radius 2 is 2.08 bits per heavy atom. The highest BCUT2D eigenvalue weighted by Gasteiger charge is 2.05. The van der Waals surface area contributed by atoms with Gasteiger partial charge in [-0.15, -0.1) is 22.7 Å². The predicted octanol–water partition coefficient (Wildman–Crippen LogP) is 3.53. The molecule has 2 aromatic heterocycles. The molecule has 5 nitrogen and oxygen atoms in total. The van der Waals surface area contributed by atoms with Crippen LogP contribution in [0.25, 0.3) is 10.6 Å². The van der Waals surface area contributed by atoms with Crippen LogP contribution in [0.15, 0.2) is 52.2 Å². The number of thiazole rings is 1. The van der Waals surface area contributed by atoms with Crippen LogP contribution in [0.4, 0.5) is 0 Å². The third-order valence-electron chi connectivity index (χ3n) is 3.56. The number of nitrogens with two attached hydrogens (primary N) is 1. The minimum absolute atomic E-state index is 0.454. The van der Waals surface area contributed by atoms with Crippen LogP contribution < -0.4 is 15.8 Å². The van der Waals surface area contributed by atoms with Gasteiger partial charge in [0.25, 0.3) is 0 Å². The maximum atomic E-state index is 5.91. The first-order valence-electron chi connectivity index (χ1n) is 7.89. The van der Waals surface area contributed by atoms with E-state index in [1.165, 1.54) is 4.88 Å². The Kier molecular flexibility index (Phi) is 6.03. The van der Waals surface area contributed by atoms with Crippen LogP contribution in [0.2, 0.25) is 0 Å². The SMILES string of the molecule is COc1ccc(-c2nc(CN=C(N)NCCc3cccs3)cs2)cc1. The summed E-state index contributed by atoms with van der Waals surface area (Å²) < 4.78 is 5.18. The van der Waals surface area contributed by atoms with Gasteiger partial charge in [0.1, 0.15) is 10.8 Å². The number of aliphatic imine (C=N–C) groups is 1. The average molecular weight is 373 g/mol. The minimum Gasteiger partial charge on any atom is -0.497 e. The molecule has 2 heterocycles. The van der Waals surface area contributed by atoms with Crippen molar-refractivity contribution in [3.63, 3.8) is 0 Å². The van der Waals surface area contributed by atoms with Gasteiger partial charge in [-0.05, 0) is 42.1 Å². The lowest BCUT2D eigenvalue weighted by Gasteiger charge is -2.03. The molecule has 0 atom stereocenters. The topological polar surface area (TPSA) is 72.5 Å². The highest BCUT2D eigenvalue weighted by atomic mass is 32.1. The van der Waals surface area contributed by atoms with E-state index < -0.39 is 0 Å². The summed E-state index contributed by atoms with van der Waals surface area (Å²) in [4.78, 5) is 10.3. The molecule has 0 aliphatic carbocycles. The van der Waals surface area contributed by atoms with Gasteiger partial charge in [-0.25, -0.2) is 9.98 Å². The number of guanidine groups is 1. The molecule has 130 valence electrons. The van der Waals surface area contributed by atoms with E-state index in [1.807, 2.05) is 29.6 Å². The number of methoxy groups -OCH3 is 1. The average Bonchev–Trinajstić information content (AvgIpc) is 3.32. The molecule has 0 saturated heterocycles. The van der Waals surface area contributed by atoms with E-state index in [0.717, 1.165) is 35.0 Å². The quantitative estimate of drug-likeness (QED) is 0.492. The van der Waals surface area contributed by atoms with Crippen molar-refractivity contribution < 1.29 is 4.74 Å². The number of hydrogen-bond acceptors (Lipinski definition) is 5. The summed E-state index contributed by atoms with van der Waals surface area (Å²) in [5.41, 5.74) is 7.90. The Morgan fingerprint density at radius 1 is 1.24 bits per heavy atom. The number of ether oxygens (including phenoxy) is 1. The molecule has 0 amide bonds. The van der Waals surface area contributed by atoms with Crippen molar-refractivity contribution in [1.82, 2.24) is 10.3 Å². The van der Waals surface area contributed by atoms with Crippen molar-refractivity contribution in [1.29, 1.82) is 0 Å². The Labute approximate surface area is 155 Å². The molecule has 0 spiro atoms. The van der Waals surface area contributed by atoms with E-state index in [1.54, 1.807) is 29.8 Å². The van der Waals surface area contributed by atoms with Gasteiger partial charge in [-0.3, -0.25) is 0 Å². The molecule has 1 aromatic carbocycles. The zero-order valence-electron chi connectivity index (χ0n) is 13.9. The maximum absolute atomic E-state index is 5.91. The van der Waals surface area contributed by atoms with E-state index in [9.17, 15) is 0 Å². The molecule has 7 heteroatoms. The number of aromatic nitrogens is 1. The molecule has 3 rings (SSSR count). The van der Waals surface area contributed by atoms with Gasteiger partial charge in [0.2, 0.25) is 0 Å². The molecule has 0 saturated carbocycles. The fraction of sp³-hybridized carbons (Fsp3) is 0.222. The van der Waals surface area contributed by atoms with E-state index >= 15 is 0 Å². The molecular formula is C18H20N4OS2. The molecule has 0 unspecified atom stereocenters. The van der Waals surface area contributed by atoms with Crippen LogP contribution in [0, 0.1) is 0 Å². The largest absolute Gasteiger partial charge is 0.497 e. The number of thiophene rings is 1. The van der Waals surface area contributed by atoms with Crippen molar-refractivity contribution in [2.24, 2.45) is 10.7 Å². The molecule has 0 radical (unpaired) electrons. The van der Waals surface area contributed by atoms with E-state index in [0.29, 0.717) is 12.5 Å². The fourth-order valence-corrected chi connectivity index (χ4v) is 3.76. The molecule has 0 fully saturated rings. The van der Waals surface area contributed by atoms with Crippen molar-refractivity contribution in [3.05, 3.63) is 57.7 Å². The van der Waals surface area contributed by atoms with Crippen molar-refractivity contribution >= 4 is 28.6 Å². The van der Waals surface area contributed by atoms with Crippen LogP contribution in [0.5, 0.6) is 5.75 Å². The molecule has 3 N–H and O–H groups in total. The second kappa shape index (κ2) is 8.64. The summed E-state index contributed by atoms with van der Waals surface area (Å²) in [6.45, 7) is 1.26. The number of nitrogens with zero attached hydrogens (tertiary/aromatic N) is 2. The van der Waals surface area contributed by atoms with Gasteiger partial charge in [0.05, 0.1) is 19.3 Å². The normalized spacial score (nSPS) is 11.5. The lowest BCUT2D eigenvalue weighted by Crippen LogP contribution is -2.33. The summed E-state index contributed by atoms with van der Waals surface area (Å²) in [6, 6.07) is 12.1. The standard InChI is InChI=1S/C18H20N4OS2/c1-23-15-6-4-13(5-7-15)17-22-14(12-25-17)11-21-18(19)20-9-8-16-3-2-10-24-16/h2-7,10,12H,8-9,11H2,1H3,(H3,19,20,21). The number of nitrogens with one attached hydrogen (secondary N) is 1. The number of rotatable bonds is 7. The van der Waals surface area contributed by atoms with Gasteiger partial charge in [0, 0.05) is 22.4 Å². The van der Waals surface area contributed by atoms with Gasteiger partial charge in [0.15, 0.2) is 5.96 Å². The van der Waals surface area contributed by atoms with Gasteiger partial charge in [-0.2, -0.15) is 0 Å². The van der Waals surface area contributed by atoms with Crippen molar-refractivity contribution in [2.75, 3.05) is 13.7 Å². The predicted molar refractivity (Wildman–Crippen MR) is 105 cm³/mol. The monoisotopic (exact) mass is 372 g/mol. The number of hydrogen-bond donors (Lipinski definition) is 2. The third-order valence-corrected chi connectivity index (χ3v) is 5.43. The highest BCUT2D eigenvalue weighted by molar-refractivity contribution is 7.13. The van der Waals surface area contributed by atoms with Gasteiger partial charge < -0.3 is 15.8 Å². The first kappa shape index (κ1) is 17.4. The lowest BCUT2D eigenvalue weighted by atomic mass is 10.2. The van der Waals surface area contributed by atoms with Crippen LogP contribution >= 0.6 is 22.7 Å². The first-order valence-corrected chi connectivity index (χ1v) is 9.65. The summed E-state index contributed by atoms with van der Waals surface area (Å²) in [5.74, 6) is 1.29. The summed E-state index contributed by atoms with van der Waals surface area (Å²) in [7, 11) is 1.66. The molecule has 25 heavy (non-hydrogen) atoms. The molecule has 0 aliphatic heterocycles. The fourth-order valence-electron chi connectivity index (χ4n) is 2.24. The van der Waals surface area contributed by atoms with Crippen LogP contribution in [0.1, 0.15) is 10.6 Å². The smallest absolute Gasteiger partial charge is 0.188 e. The van der Waals surface area contributed by atoms with Crippen LogP contribution in [-0.2, 0) is 13.0 Å². The maximum Gasteiger partial charge on any atom is 0.188 e. The molecule has 3 aromatic rings. The lowest BCUT2D eigenvalue weighted by molar-refractivity contribution is 0.415. The zero-order valence-corrected chi connectivity index (χ0v) is 15.6.